The summed E-state index contributed by atoms with van der Waals surface area (Å²) in [6.07, 6.45) is -2.11. The Morgan fingerprint density at radius 2 is 2.05 bits per heavy atom. The van der Waals surface area contributed by atoms with E-state index in [-0.39, 0.29) is 5.56 Å². The number of benzene rings is 1. The summed E-state index contributed by atoms with van der Waals surface area (Å²) >= 11 is 0. The van der Waals surface area contributed by atoms with E-state index in [2.05, 4.69) is 10.4 Å². The summed E-state index contributed by atoms with van der Waals surface area (Å²) in [6.45, 7) is 1.61. The van der Waals surface area contributed by atoms with Crippen LogP contribution in [0, 0.1) is 0 Å². The third-order valence-corrected chi connectivity index (χ3v) is 3.50. The first-order chi connectivity index (χ1) is 9.45. The maximum atomic E-state index is 13.0. The van der Waals surface area contributed by atoms with E-state index in [1.807, 2.05) is 12.1 Å². The molecule has 1 aromatic carbocycles. The van der Waals surface area contributed by atoms with Gasteiger partial charge < -0.3 is 5.32 Å². The molecule has 1 aliphatic heterocycles. The highest BCUT2D eigenvalue weighted by Crippen LogP contribution is 2.36. The molecule has 0 amide bonds. The van der Waals surface area contributed by atoms with Crippen LogP contribution in [-0.4, -0.2) is 16.3 Å². The Morgan fingerprint density at radius 3 is 2.80 bits per heavy atom. The molecule has 0 spiro atoms. The van der Waals surface area contributed by atoms with Crippen molar-refractivity contribution in [2.75, 3.05) is 6.54 Å². The predicted molar refractivity (Wildman–Crippen MR) is 69.1 cm³/mol. The Kier molecular flexibility index (Phi) is 3.05. The molecule has 20 heavy (non-hydrogen) atoms. The van der Waals surface area contributed by atoms with Crippen LogP contribution in [0.4, 0.5) is 13.2 Å². The standard InChI is InChI=1S/C14H14F3N3/c1-20-8-12(13(19-20)14(15,16)17)10-3-2-9-4-5-18-7-11(9)6-10/h2-3,6,8,18H,4-5,7H2,1H3. The lowest BCUT2D eigenvalue weighted by molar-refractivity contribution is -0.140. The molecule has 0 unspecified atom stereocenters. The minimum Gasteiger partial charge on any atom is -0.312 e. The summed E-state index contributed by atoms with van der Waals surface area (Å²) in [5.41, 5.74) is 2.13. The second-order valence-corrected chi connectivity index (χ2v) is 4.97. The van der Waals surface area contributed by atoms with Gasteiger partial charge in [0.2, 0.25) is 0 Å². The van der Waals surface area contributed by atoms with E-state index in [0.717, 1.165) is 18.5 Å². The van der Waals surface area contributed by atoms with E-state index in [1.165, 1.54) is 23.5 Å². The molecule has 1 aliphatic rings. The molecule has 106 valence electrons. The molecule has 3 nitrogen and oxygen atoms in total. The Morgan fingerprint density at radius 1 is 1.25 bits per heavy atom. The van der Waals surface area contributed by atoms with Crippen molar-refractivity contribution in [2.24, 2.45) is 7.05 Å². The Labute approximate surface area is 114 Å². The smallest absolute Gasteiger partial charge is 0.312 e. The number of halogens is 3. The van der Waals surface area contributed by atoms with E-state index < -0.39 is 11.9 Å². The van der Waals surface area contributed by atoms with Gasteiger partial charge in [0.05, 0.1) is 0 Å². The molecule has 3 rings (SSSR count). The van der Waals surface area contributed by atoms with Crippen molar-refractivity contribution in [3.63, 3.8) is 0 Å². The van der Waals surface area contributed by atoms with Crippen molar-refractivity contribution in [3.8, 4) is 11.1 Å². The highest BCUT2D eigenvalue weighted by atomic mass is 19.4. The van der Waals surface area contributed by atoms with Crippen molar-refractivity contribution in [1.29, 1.82) is 0 Å². The first-order valence-electron chi connectivity index (χ1n) is 6.39. The van der Waals surface area contributed by atoms with Crippen molar-refractivity contribution in [1.82, 2.24) is 15.1 Å². The normalized spacial score (nSPS) is 15.2. The van der Waals surface area contributed by atoms with E-state index in [4.69, 9.17) is 0 Å². The van der Waals surface area contributed by atoms with Gasteiger partial charge in [0.25, 0.3) is 0 Å². The van der Waals surface area contributed by atoms with Gasteiger partial charge in [0, 0.05) is 25.4 Å². The average Bonchev–Trinajstić information content (AvgIpc) is 2.80. The molecule has 0 aliphatic carbocycles. The Hall–Kier alpha value is -1.82. The fourth-order valence-corrected chi connectivity index (χ4v) is 2.56. The molecule has 2 heterocycles. The van der Waals surface area contributed by atoms with Crippen LogP contribution in [0.15, 0.2) is 24.4 Å². The van der Waals surface area contributed by atoms with Crippen LogP contribution in [0.25, 0.3) is 11.1 Å². The second kappa shape index (κ2) is 4.63. The minimum atomic E-state index is -4.44. The topological polar surface area (TPSA) is 29.9 Å². The Balaban J connectivity index is 2.09. The minimum absolute atomic E-state index is 0.133. The molecular weight excluding hydrogens is 267 g/mol. The molecule has 0 saturated carbocycles. The Bertz CT molecular complexity index is 644. The zero-order valence-electron chi connectivity index (χ0n) is 11.0. The monoisotopic (exact) mass is 281 g/mol. The summed E-state index contributed by atoms with van der Waals surface area (Å²) in [7, 11) is 1.50. The number of hydrogen-bond donors (Lipinski definition) is 1. The fraction of sp³-hybridized carbons (Fsp3) is 0.357. The highest BCUT2D eigenvalue weighted by Gasteiger charge is 2.37. The van der Waals surface area contributed by atoms with Gasteiger partial charge in [-0.05, 0) is 35.7 Å². The van der Waals surface area contributed by atoms with Gasteiger partial charge in [0.1, 0.15) is 0 Å². The summed E-state index contributed by atoms with van der Waals surface area (Å²) in [6, 6.07) is 5.49. The maximum absolute atomic E-state index is 13.0. The van der Waals surface area contributed by atoms with Crippen molar-refractivity contribution < 1.29 is 13.2 Å². The molecule has 6 heteroatoms. The van der Waals surface area contributed by atoms with Gasteiger partial charge in [-0.2, -0.15) is 18.3 Å². The van der Waals surface area contributed by atoms with Gasteiger partial charge >= 0.3 is 6.18 Å². The molecule has 0 saturated heterocycles. The number of aromatic nitrogens is 2. The summed E-state index contributed by atoms with van der Waals surface area (Å²) in [4.78, 5) is 0. The largest absolute Gasteiger partial charge is 0.435 e. The summed E-state index contributed by atoms with van der Waals surface area (Å²) < 4.78 is 40.2. The van der Waals surface area contributed by atoms with Crippen LogP contribution in [0.3, 0.4) is 0 Å². The third-order valence-electron chi connectivity index (χ3n) is 3.50. The van der Waals surface area contributed by atoms with Crippen molar-refractivity contribution in [3.05, 3.63) is 41.2 Å². The van der Waals surface area contributed by atoms with Crippen LogP contribution in [-0.2, 0) is 26.2 Å². The second-order valence-electron chi connectivity index (χ2n) is 4.97. The lowest BCUT2D eigenvalue weighted by Gasteiger charge is -2.18. The number of hydrogen-bond acceptors (Lipinski definition) is 2. The third kappa shape index (κ3) is 2.31. The molecule has 1 aromatic heterocycles. The number of aryl methyl sites for hydroxylation is 1. The molecule has 0 fully saturated rings. The maximum Gasteiger partial charge on any atom is 0.435 e. The summed E-state index contributed by atoms with van der Waals surface area (Å²) in [5.74, 6) is 0. The van der Waals surface area contributed by atoms with Gasteiger partial charge in [-0.1, -0.05) is 12.1 Å². The lowest BCUT2D eigenvalue weighted by atomic mass is 9.95. The van der Waals surface area contributed by atoms with E-state index in [9.17, 15) is 13.2 Å². The van der Waals surface area contributed by atoms with E-state index >= 15 is 0 Å². The van der Waals surface area contributed by atoms with Crippen LogP contribution < -0.4 is 5.32 Å². The van der Waals surface area contributed by atoms with Gasteiger partial charge in [-0.3, -0.25) is 4.68 Å². The molecule has 0 radical (unpaired) electrons. The van der Waals surface area contributed by atoms with Crippen LogP contribution in [0.1, 0.15) is 16.8 Å². The number of nitrogens with zero attached hydrogens (tertiary/aromatic N) is 2. The van der Waals surface area contributed by atoms with Crippen molar-refractivity contribution in [2.45, 2.75) is 19.1 Å². The number of rotatable bonds is 1. The molecule has 0 bridgehead atoms. The van der Waals surface area contributed by atoms with Crippen molar-refractivity contribution >= 4 is 0 Å². The molecular formula is C14H14F3N3. The molecule has 0 atom stereocenters. The quantitative estimate of drug-likeness (QED) is 0.871. The summed E-state index contributed by atoms with van der Waals surface area (Å²) in [5, 5.41) is 6.77. The number of fused-ring (bicyclic) bond motifs is 1. The van der Waals surface area contributed by atoms with Gasteiger partial charge in [-0.25, -0.2) is 0 Å². The number of nitrogens with one attached hydrogen (secondary N) is 1. The van der Waals surface area contributed by atoms with Crippen LogP contribution >= 0.6 is 0 Å². The average molecular weight is 281 g/mol. The lowest BCUT2D eigenvalue weighted by Crippen LogP contribution is -2.23. The highest BCUT2D eigenvalue weighted by molar-refractivity contribution is 5.67. The first kappa shape index (κ1) is 13.2. The molecule has 1 N–H and O–H groups in total. The van der Waals surface area contributed by atoms with Crippen LogP contribution in [0.2, 0.25) is 0 Å². The first-order valence-corrected chi connectivity index (χ1v) is 6.39. The zero-order chi connectivity index (χ0) is 14.3. The SMILES string of the molecule is Cn1cc(-c2ccc3c(c2)CNCC3)c(C(F)(F)F)n1. The fourth-order valence-electron chi connectivity index (χ4n) is 2.56. The van der Waals surface area contributed by atoms with E-state index in [0.29, 0.717) is 12.1 Å². The van der Waals surface area contributed by atoms with E-state index in [1.54, 1.807) is 6.07 Å². The number of alkyl halides is 3. The zero-order valence-corrected chi connectivity index (χ0v) is 11.0. The van der Waals surface area contributed by atoms with Gasteiger partial charge in [0.15, 0.2) is 5.69 Å². The predicted octanol–water partition coefficient (Wildman–Crippen LogP) is 2.75. The molecule has 2 aromatic rings. The van der Waals surface area contributed by atoms with Crippen LogP contribution in [0.5, 0.6) is 0 Å². The van der Waals surface area contributed by atoms with Gasteiger partial charge in [-0.15, -0.1) is 0 Å².